The highest BCUT2D eigenvalue weighted by molar-refractivity contribution is 6.84. The van der Waals surface area contributed by atoms with Crippen LogP contribution in [0.1, 0.15) is 0 Å². The molecule has 2 aliphatic rings. The molecular formula is C42H24BNO3. The molecule has 0 bridgehead atoms. The second kappa shape index (κ2) is 9.18. The van der Waals surface area contributed by atoms with Crippen LogP contribution in [0.4, 0.5) is 0 Å². The molecule has 2 aliphatic heterocycles. The van der Waals surface area contributed by atoms with Crippen LogP contribution in [0.25, 0.3) is 71.7 Å². The van der Waals surface area contributed by atoms with Gasteiger partial charge in [0.05, 0.1) is 11.0 Å². The van der Waals surface area contributed by atoms with Crippen molar-refractivity contribution in [3.8, 4) is 45.2 Å². The van der Waals surface area contributed by atoms with Crippen LogP contribution >= 0.6 is 0 Å². The highest BCUT2D eigenvalue weighted by Crippen LogP contribution is 2.44. The average molecular weight is 601 g/mol. The van der Waals surface area contributed by atoms with Gasteiger partial charge in [-0.2, -0.15) is 0 Å². The van der Waals surface area contributed by atoms with Gasteiger partial charge in [-0.1, -0.05) is 97.1 Å². The summed E-state index contributed by atoms with van der Waals surface area (Å²) in [6.45, 7) is -0.290. The van der Waals surface area contributed by atoms with Crippen LogP contribution in [0.15, 0.2) is 150 Å². The Hall–Kier alpha value is -6.20. The molecule has 0 fully saturated rings. The Balaban J connectivity index is 1.14. The lowest BCUT2D eigenvalue weighted by atomic mass is 9.50. The van der Waals surface area contributed by atoms with Crippen molar-refractivity contribution in [3.63, 3.8) is 0 Å². The van der Waals surface area contributed by atoms with E-state index in [1.165, 1.54) is 10.8 Å². The Morgan fingerprint density at radius 1 is 0.489 bits per heavy atom. The Morgan fingerprint density at radius 2 is 1.19 bits per heavy atom. The van der Waals surface area contributed by atoms with E-state index in [-0.39, 0.29) is 6.92 Å². The van der Waals surface area contributed by atoms with Crippen LogP contribution in [0, 0.1) is 0 Å². The number of hydrogen-bond donors (Lipinski definition) is 0. The molecule has 0 spiro atoms. The summed E-state index contributed by atoms with van der Waals surface area (Å²) < 4.78 is 22.5. The quantitative estimate of drug-likeness (QED) is 0.185. The smallest absolute Gasteiger partial charge is 0.434 e. The molecule has 9 aromatic rings. The third kappa shape index (κ3) is 3.43. The van der Waals surface area contributed by atoms with Crippen molar-refractivity contribution in [2.45, 2.75) is 0 Å². The van der Waals surface area contributed by atoms with Gasteiger partial charge in [-0.3, -0.25) is 0 Å². The molecule has 0 N–H and O–H groups in total. The zero-order valence-corrected chi connectivity index (χ0v) is 25.1. The van der Waals surface area contributed by atoms with Crippen molar-refractivity contribution in [3.05, 3.63) is 146 Å². The minimum absolute atomic E-state index is 0.290. The second-order valence-electron chi connectivity index (χ2n) is 12.4. The van der Waals surface area contributed by atoms with Crippen molar-refractivity contribution in [2.24, 2.45) is 0 Å². The number of nitrogens with zero attached hydrogens (tertiary/aromatic N) is 1. The summed E-state index contributed by atoms with van der Waals surface area (Å²) in [6, 6.07) is 51.0. The van der Waals surface area contributed by atoms with Gasteiger partial charge in [0.2, 0.25) is 0 Å². The third-order valence-corrected chi connectivity index (χ3v) is 9.88. The number of ether oxygens (including phenoxy) is 1. The highest BCUT2D eigenvalue weighted by Gasteiger charge is 2.41. The van der Waals surface area contributed by atoms with Crippen LogP contribution in [-0.2, 0) is 0 Å². The molecule has 218 valence electrons. The molecule has 7 aromatic carbocycles. The largest absolute Gasteiger partial charge is 0.551 e. The molecule has 0 amide bonds. The topological polar surface area (TPSA) is 36.5 Å². The first-order valence-corrected chi connectivity index (χ1v) is 16.0. The number of benzene rings is 7. The maximum Gasteiger partial charge on any atom is 0.434 e. The Labute approximate surface area is 270 Å². The first kappa shape index (κ1) is 25.0. The molecule has 0 radical (unpaired) electrons. The standard InChI is InChI=1S/C42H24BNO3/c1-5-16-35-28(10-1)29-11-2-6-17-36(29)44(35)26-20-21-34-39(24-26)45-40-23-25(22-33-31-13-4-8-19-38(31)47-43(34)41(33)40)27-14-9-15-32-30-12-3-7-18-37(30)46-42(27)32/h1-24H. The minimum Gasteiger partial charge on any atom is -0.551 e. The third-order valence-electron chi connectivity index (χ3n) is 9.88. The van der Waals surface area contributed by atoms with Gasteiger partial charge in [0.25, 0.3) is 0 Å². The Bertz CT molecular complexity index is 2720. The number of furan rings is 1. The van der Waals surface area contributed by atoms with E-state index in [9.17, 15) is 0 Å². The van der Waals surface area contributed by atoms with E-state index in [2.05, 4.69) is 132 Å². The predicted molar refractivity (Wildman–Crippen MR) is 191 cm³/mol. The van der Waals surface area contributed by atoms with Gasteiger partial charge in [0, 0.05) is 55.4 Å². The van der Waals surface area contributed by atoms with Crippen LogP contribution in [0.2, 0.25) is 0 Å². The first-order chi connectivity index (χ1) is 23.3. The maximum atomic E-state index is 6.91. The average Bonchev–Trinajstić information content (AvgIpc) is 3.67. The molecule has 47 heavy (non-hydrogen) atoms. The van der Waals surface area contributed by atoms with Crippen molar-refractivity contribution in [1.29, 1.82) is 0 Å². The number of fused-ring (bicyclic) bond motifs is 10. The summed E-state index contributed by atoms with van der Waals surface area (Å²) in [5, 5.41) is 4.68. The van der Waals surface area contributed by atoms with E-state index in [0.29, 0.717) is 0 Å². The van der Waals surface area contributed by atoms with Crippen LogP contribution < -0.4 is 20.3 Å². The highest BCUT2D eigenvalue weighted by atomic mass is 16.5. The molecule has 0 aliphatic carbocycles. The Kier molecular flexibility index (Phi) is 4.89. The Morgan fingerprint density at radius 3 is 2.04 bits per heavy atom. The van der Waals surface area contributed by atoms with Crippen molar-refractivity contribution >= 4 is 61.6 Å². The lowest BCUT2D eigenvalue weighted by Gasteiger charge is -2.33. The normalized spacial score (nSPS) is 13.0. The summed E-state index contributed by atoms with van der Waals surface area (Å²) in [4.78, 5) is 0. The summed E-state index contributed by atoms with van der Waals surface area (Å²) >= 11 is 0. The SMILES string of the molecule is c1ccc2c(c1)OB1c3ccc(-n4c5ccccc5c5ccccc54)cc3Oc3cc(-c4cccc5c4oc4ccccc45)cc-2c31. The van der Waals surface area contributed by atoms with E-state index in [4.69, 9.17) is 13.8 Å². The van der Waals surface area contributed by atoms with Crippen molar-refractivity contribution < 1.29 is 13.8 Å². The lowest BCUT2D eigenvalue weighted by Crippen LogP contribution is -2.53. The molecule has 0 unspecified atom stereocenters. The summed E-state index contributed by atoms with van der Waals surface area (Å²) in [5.74, 6) is 2.47. The fourth-order valence-electron chi connectivity index (χ4n) is 7.82. The molecule has 0 atom stereocenters. The van der Waals surface area contributed by atoms with Crippen molar-refractivity contribution in [2.75, 3.05) is 0 Å². The number of hydrogen-bond acceptors (Lipinski definition) is 3. The molecule has 4 nitrogen and oxygen atoms in total. The van der Waals surface area contributed by atoms with Crippen LogP contribution in [0.3, 0.4) is 0 Å². The molecule has 11 rings (SSSR count). The molecule has 5 heteroatoms. The second-order valence-corrected chi connectivity index (χ2v) is 12.4. The summed E-state index contributed by atoms with van der Waals surface area (Å²) in [7, 11) is 0. The van der Waals surface area contributed by atoms with E-state index in [0.717, 1.165) is 89.1 Å². The molecule has 0 saturated heterocycles. The zero-order valence-electron chi connectivity index (χ0n) is 25.1. The lowest BCUT2D eigenvalue weighted by molar-refractivity contribution is 0.479. The van der Waals surface area contributed by atoms with Gasteiger partial charge in [-0.15, -0.1) is 0 Å². The van der Waals surface area contributed by atoms with Crippen LogP contribution in [-0.4, -0.2) is 11.5 Å². The fourth-order valence-corrected chi connectivity index (χ4v) is 7.82. The summed E-state index contributed by atoms with van der Waals surface area (Å²) in [5.41, 5.74) is 11.5. The van der Waals surface area contributed by atoms with E-state index in [1.807, 2.05) is 18.2 Å². The van der Waals surface area contributed by atoms with E-state index < -0.39 is 0 Å². The van der Waals surface area contributed by atoms with Gasteiger partial charge in [-0.25, -0.2) is 0 Å². The van der Waals surface area contributed by atoms with Gasteiger partial charge < -0.3 is 18.4 Å². The molecular weight excluding hydrogens is 577 g/mol. The number of rotatable bonds is 2. The predicted octanol–water partition coefficient (Wildman–Crippen LogP) is 9.62. The maximum absolute atomic E-state index is 6.91. The van der Waals surface area contributed by atoms with Crippen LogP contribution in [0.5, 0.6) is 17.2 Å². The van der Waals surface area contributed by atoms with Gasteiger partial charge in [-0.05, 0) is 53.6 Å². The molecule has 0 saturated carbocycles. The molecule has 4 heterocycles. The number of para-hydroxylation sites is 5. The first-order valence-electron chi connectivity index (χ1n) is 16.0. The summed E-state index contributed by atoms with van der Waals surface area (Å²) in [6.07, 6.45) is 0. The van der Waals surface area contributed by atoms with E-state index >= 15 is 0 Å². The zero-order chi connectivity index (χ0) is 30.6. The van der Waals surface area contributed by atoms with Gasteiger partial charge >= 0.3 is 6.92 Å². The number of aromatic nitrogens is 1. The van der Waals surface area contributed by atoms with Gasteiger partial charge in [0.1, 0.15) is 28.4 Å². The van der Waals surface area contributed by atoms with Gasteiger partial charge in [0.15, 0.2) is 0 Å². The minimum atomic E-state index is -0.290. The fraction of sp³-hybridized carbons (Fsp3) is 0. The van der Waals surface area contributed by atoms with Crippen molar-refractivity contribution in [1.82, 2.24) is 4.57 Å². The van der Waals surface area contributed by atoms with E-state index in [1.54, 1.807) is 0 Å². The molecule has 2 aromatic heterocycles. The monoisotopic (exact) mass is 601 g/mol.